The molecule has 108 valence electrons. The largest absolute Gasteiger partial charge is 0.444 e. The molecule has 21 heavy (non-hydrogen) atoms. The smallest absolute Gasteiger partial charge is 0.411 e. The summed E-state index contributed by atoms with van der Waals surface area (Å²) >= 11 is 0. The number of anilines is 1. The number of benzene rings is 1. The average Bonchev–Trinajstić information content (AvgIpc) is 2.53. The van der Waals surface area contributed by atoms with E-state index in [-0.39, 0.29) is 12.5 Å². The van der Waals surface area contributed by atoms with Crippen molar-refractivity contribution in [1.82, 2.24) is 10.3 Å². The molecule has 0 radical (unpaired) electrons. The van der Waals surface area contributed by atoms with Crippen molar-refractivity contribution in [3.8, 4) is 0 Å². The highest BCUT2D eigenvalue weighted by Crippen LogP contribution is 2.11. The number of rotatable bonds is 4. The van der Waals surface area contributed by atoms with E-state index in [2.05, 4.69) is 15.6 Å². The fourth-order valence-corrected chi connectivity index (χ4v) is 1.67. The van der Waals surface area contributed by atoms with Gasteiger partial charge >= 0.3 is 6.09 Å². The molecular weight excluding hydrogens is 270 g/mol. The van der Waals surface area contributed by atoms with Crippen LogP contribution in [0.3, 0.4) is 0 Å². The Morgan fingerprint density at radius 1 is 1.24 bits per heavy atom. The van der Waals surface area contributed by atoms with Crippen LogP contribution in [0.1, 0.15) is 15.9 Å². The molecule has 2 aromatic rings. The van der Waals surface area contributed by atoms with Crippen LogP contribution in [0.25, 0.3) is 0 Å². The third kappa shape index (κ3) is 4.31. The Hall–Kier alpha value is -2.89. The second-order valence-corrected chi connectivity index (χ2v) is 4.22. The summed E-state index contributed by atoms with van der Waals surface area (Å²) in [7, 11) is 1.55. The van der Waals surface area contributed by atoms with Gasteiger partial charge in [-0.15, -0.1) is 0 Å². The Bertz CT molecular complexity index is 629. The lowest BCUT2D eigenvalue weighted by atomic mass is 10.2. The predicted octanol–water partition coefficient (Wildman–Crippen LogP) is 2.19. The van der Waals surface area contributed by atoms with E-state index >= 15 is 0 Å². The molecule has 0 aliphatic heterocycles. The molecule has 6 heteroatoms. The number of nitrogens with zero attached hydrogens (tertiary/aromatic N) is 1. The lowest BCUT2D eigenvalue weighted by molar-refractivity contribution is 0.0963. The zero-order valence-electron chi connectivity index (χ0n) is 11.5. The Labute approximate surface area is 122 Å². The summed E-state index contributed by atoms with van der Waals surface area (Å²) in [4.78, 5) is 27.1. The van der Waals surface area contributed by atoms with E-state index in [1.54, 1.807) is 49.8 Å². The minimum Gasteiger partial charge on any atom is -0.444 e. The van der Waals surface area contributed by atoms with Crippen molar-refractivity contribution in [2.45, 2.75) is 6.61 Å². The molecule has 1 aromatic carbocycles. The normalized spacial score (nSPS) is 9.76. The van der Waals surface area contributed by atoms with Crippen LogP contribution in [-0.2, 0) is 11.3 Å². The third-order valence-corrected chi connectivity index (χ3v) is 2.69. The van der Waals surface area contributed by atoms with E-state index in [0.29, 0.717) is 11.3 Å². The summed E-state index contributed by atoms with van der Waals surface area (Å²) in [5.74, 6) is -0.220. The van der Waals surface area contributed by atoms with Gasteiger partial charge < -0.3 is 10.1 Å². The van der Waals surface area contributed by atoms with Crippen molar-refractivity contribution in [3.05, 3.63) is 59.9 Å². The van der Waals surface area contributed by atoms with Crippen molar-refractivity contribution < 1.29 is 14.3 Å². The fourth-order valence-electron chi connectivity index (χ4n) is 1.67. The van der Waals surface area contributed by atoms with Crippen LogP contribution >= 0.6 is 0 Å². The van der Waals surface area contributed by atoms with E-state index in [1.165, 1.54) is 0 Å². The second-order valence-electron chi connectivity index (χ2n) is 4.22. The van der Waals surface area contributed by atoms with Crippen molar-refractivity contribution in [2.75, 3.05) is 12.4 Å². The summed E-state index contributed by atoms with van der Waals surface area (Å²) in [5.41, 5.74) is 1.75. The zero-order valence-corrected chi connectivity index (χ0v) is 11.5. The standard InChI is InChI=1S/C15H15N3O3/c1-16-14(19)12-5-2-6-13(8-12)18-15(20)21-10-11-4-3-7-17-9-11/h2-9H,10H2,1H3,(H,16,19)(H,18,20). The Balaban J connectivity index is 1.92. The molecule has 0 aliphatic rings. The number of hydrogen-bond donors (Lipinski definition) is 2. The number of pyridine rings is 1. The topological polar surface area (TPSA) is 80.3 Å². The Morgan fingerprint density at radius 2 is 2.10 bits per heavy atom. The molecule has 0 aliphatic carbocycles. The van der Waals surface area contributed by atoms with Crippen LogP contribution in [0, 0.1) is 0 Å². The van der Waals surface area contributed by atoms with Gasteiger partial charge in [0.05, 0.1) is 0 Å². The fraction of sp³-hybridized carbons (Fsp3) is 0.133. The molecule has 1 heterocycles. The molecule has 0 bridgehead atoms. The molecule has 2 amide bonds. The average molecular weight is 285 g/mol. The van der Waals surface area contributed by atoms with Crippen LogP contribution < -0.4 is 10.6 Å². The number of hydrogen-bond acceptors (Lipinski definition) is 4. The van der Waals surface area contributed by atoms with Crippen molar-refractivity contribution in [2.24, 2.45) is 0 Å². The Morgan fingerprint density at radius 3 is 2.81 bits per heavy atom. The van der Waals surface area contributed by atoms with Gasteiger partial charge in [0.2, 0.25) is 0 Å². The van der Waals surface area contributed by atoms with Crippen molar-refractivity contribution in [3.63, 3.8) is 0 Å². The number of ether oxygens (including phenoxy) is 1. The lowest BCUT2D eigenvalue weighted by Gasteiger charge is -2.08. The van der Waals surface area contributed by atoms with Gasteiger partial charge in [0.15, 0.2) is 0 Å². The van der Waals surface area contributed by atoms with E-state index in [9.17, 15) is 9.59 Å². The summed E-state index contributed by atoms with van der Waals surface area (Å²) < 4.78 is 5.07. The number of amides is 2. The molecule has 0 atom stereocenters. The summed E-state index contributed by atoms with van der Waals surface area (Å²) in [5, 5.41) is 5.09. The summed E-state index contributed by atoms with van der Waals surface area (Å²) in [6.45, 7) is 0.134. The molecule has 1 aromatic heterocycles. The van der Waals surface area contributed by atoms with E-state index in [4.69, 9.17) is 4.74 Å². The van der Waals surface area contributed by atoms with Crippen LogP contribution in [0.2, 0.25) is 0 Å². The minimum atomic E-state index is -0.590. The monoisotopic (exact) mass is 285 g/mol. The van der Waals surface area contributed by atoms with Gasteiger partial charge in [-0.1, -0.05) is 12.1 Å². The number of aromatic nitrogens is 1. The highest BCUT2D eigenvalue weighted by molar-refractivity contribution is 5.96. The van der Waals surface area contributed by atoms with E-state index in [0.717, 1.165) is 5.56 Å². The number of carbonyl (C=O) groups is 2. The molecular formula is C15H15N3O3. The first-order chi connectivity index (χ1) is 10.2. The molecule has 0 fully saturated rings. The van der Waals surface area contributed by atoms with Gasteiger partial charge in [-0.2, -0.15) is 0 Å². The molecule has 6 nitrogen and oxygen atoms in total. The number of carbonyl (C=O) groups excluding carboxylic acids is 2. The highest BCUT2D eigenvalue weighted by atomic mass is 16.5. The van der Waals surface area contributed by atoms with Crippen molar-refractivity contribution >= 4 is 17.7 Å². The van der Waals surface area contributed by atoms with Crippen LogP contribution in [0.4, 0.5) is 10.5 Å². The van der Waals surface area contributed by atoms with Gasteiger partial charge in [0.1, 0.15) is 6.61 Å². The third-order valence-electron chi connectivity index (χ3n) is 2.69. The first-order valence-corrected chi connectivity index (χ1v) is 6.34. The Kier molecular flexibility index (Phi) is 4.87. The molecule has 0 spiro atoms. The summed E-state index contributed by atoms with van der Waals surface area (Å²) in [6, 6.07) is 10.2. The molecule has 2 N–H and O–H groups in total. The van der Waals surface area contributed by atoms with Gasteiger partial charge in [0.25, 0.3) is 5.91 Å². The maximum Gasteiger partial charge on any atom is 0.411 e. The minimum absolute atomic E-state index is 0.134. The van der Waals surface area contributed by atoms with Gasteiger partial charge in [-0.05, 0) is 24.3 Å². The molecule has 0 unspecified atom stereocenters. The number of nitrogens with one attached hydrogen (secondary N) is 2. The lowest BCUT2D eigenvalue weighted by Crippen LogP contribution is -2.18. The van der Waals surface area contributed by atoms with Crippen LogP contribution in [-0.4, -0.2) is 24.0 Å². The van der Waals surface area contributed by atoms with Crippen LogP contribution in [0.15, 0.2) is 48.8 Å². The van der Waals surface area contributed by atoms with Crippen LogP contribution in [0.5, 0.6) is 0 Å². The SMILES string of the molecule is CNC(=O)c1cccc(NC(=O)OCc2cccnc2)c1. The predicted molar refractivity (Wildman–Crippen MR) is 77.9 cm³/mol. The zero-order chi connectivity index (χ0) is 15.1. The van der Waals surface area contributed by atoms with Crippen molar-refractivity contribution in [1.29, 1.82) is 0 Å². The molecule has 2 rings (SSSR count). The van der Waals surface area contributed by atoms with Gasteiger partial charge in [-0.25, -0.2) is 4.79 Å². The maximum atomic E-state index is 11.7. The van der Waals surface area contributed by atoms with E-state index < -0.39 is 6.09 Å². The summed E-state index contributed by atoms with van der Waals surface area (Å²) in [6.07, 6.45) is 2.68. The maximum absolute atomic E-state index is 11.7. The first kappa shape index (κ1) is 14.5. The second kappa shape index (κ2) is 7.04. The first-order valence-electron chi connectivity index (χ1n) is 6.34. The quantitative estimate of drug-likeness (QED) is 0.902. The van der Waals surface area contributed by atoms with Gasteiger partial charge in [-0.3, -0.25) is 15.1 Å². The van der Waals surface area contributed by atoms with E-state index in [1.807, 2.05) is 6.07 Å². The molecule has 0 saturated carbocycles. The van der Waals surface area contributed by atoms with Gasteiger partial charge in [0, 0.05) is 36.3 Å². The molecule has 0 saturated heterocycles. The highest BCUT2D eigenvalue weighted by Gasteiger charge is 2.07.